The number of nitrogens with one attached hydrogen (secondary N) is 1. The number of rotatable bonds is 6. The van der Waals surface area contributed by atoms with E-state index in [9.17, 15) is 0 Å². The summed E-state index contributed by atoms with van der Waals surface area (Å²) in [5.74, 6) is 2.23. The van der Waals surface area contributed by atoms with Crippen LogP contribution >= 0.6 is 0 Å². The van der Waals surface area contributed by atoms with Crippen molar-refractivity contribution in [3.05, 3.63) is 23.3 Å². The third-order valence-corrected chi connectivity index (χ3v) is 3.20. The van der Waals surface area contributed by atoms with Gasteiger partial charge in [0.25, 0.3) is 0 Å². The Morgan fingerprint density at radius 1 is 1.11 bits per heavy atom. The summed E-state index contributed by atoms with van der Waals surface area (Å²) >= 11 is 0. The van der Waals surface area contributed by atoms with Crippen LogP contribution in [0.3, 0.4) is 0 Å². The van der Waals surface area contributed by atoms with Gasteiger partial charge in [0.2, 0.25) is 0 Å². The zero-order valence-electron chi connectivity index (χ0n) is 12.3. The van der Waals surface area contributed by atoms with E-state index < -0.39 is 0 Å². The highest BCUT2D eigenvalue weighted by molar-refractivity contribution is 5.48. The van der Waals surface area contributed by atoms with Crippen LogP contribution in [-0.2, 0) is 0 Å². The zero-order chi connectivity index (χ0) is 13.7. The molecule has 0 bridgehead atoms. The van der Waals surface area contributed by atoms with Crippen LogP contribution in [0.25, 0.3) is 0 Å². The number of hydrogen-bond acceptors (Lipinski definition) is 3. The van der Waals surface area contributed by atoms with Gasteiger partial charge in [0, 0.05) is 6.04 Å². The lowest BCUT2D eigenvalue weighted by atomic mass is 9.93. The molecule has 3 heteroatoms. The van der Waals surface area contributed by atoms with E-state index in [1.807, 2.05) is 13.1 Å². The summed E-state index contributed by atoms with van der Waals surface area (Å²) in [7, 11) is 5.34. The highest BCUT2D eigenvalue weighted by Crippen LogP contribution is 2.34. The van der Waals surface area contributed by atoms with Gasteiger partial charge in [0.1, 0.15) is 0 Å². The predicted octanol–water partition coefficient (Wildman–Crippen LogP) is 3.32. The van der Waals surface area contributed by atoms with Crippen molar-refractivity contribution in [2.75, 3.05) is 21.3 Å². The maximum absolute atomic E-state index is 5.38. The van der Waals surface area contributed by atoms with E-state index in [-0.39, 0.29) is 0 Å². The third-order valence-electron chi connectivity index (χ3n) is 3.20. The van der Waals surface area contributed by atoms with Crippen molar-refractivity contribution in [2.24, 2.45) is 5.92 Å². The molecule has 0 aliphatic carbocycles. The molecule has 1 rings (SSSR count). The molecule has 0 heterocycles. The van der Waals surface area contributed by atoms with Crippen molar-refractivity contribution in [1.82, 2.24) is 5.32 Å². The number of benzene rings is 1. The molecule has 102 valence electrons. The summed E-state index contributed by atoms with van der Waals surface area (Å²) in [4.78, 5) is 0. The topological polar surface area (TPSA) is 30.5 Å². The van der Waals surface area contributed by atoms with Gasteiger partial charge in [-0.15, -0.1) is 0 Å². The van der Waals surface area contributed by atoms with Crippen LogP contribution in [0.4, 0.5) is 0 Å². The van der Waals surface area contributed by atoms with E-state index in [1.54, 1.807) is 14.2 Å². The van der Waals surface area contributed by atoms with Crippen molar-refractivity contribution in [2.45, 2.75) is 33.2 Å². The molecular formula is C15H25NO2. The molecule has 1 aromatic carbocycles. The maximum atomic E-state index is 5.38. The number of ether oxygens (including phenoxy) is 2. The molecule has 0 spiro atoms. The van der Waals surface area contributed by atoms with Crippen LogP contribution in [0.15, 0.2) is 12.1 Å². The second-order valence-corrected chi connectivity index (χ2v) is 5.03. The molecule has 0 fully saturated rings. The molecule has 1 unspecified atom stereocenters. The first kappa shape index (κ1) is 14.8. The SMILES string of the molecule is CNC(CC(C)C)c1cc(OC)c(OC)cc1C. The number of aryl methyl sites for hydroxylation is 1. The first-order valence-corrected chi connectivity index (χ1v) is 6.43. The Labute approximate surface area is 110 Å². The van der Waals surface area contributed by atoms with Crippen molar-refractivity contribution in [3.63, 3.8) is 0 Å². The highest BCUT2D eigenvalue weighted by atomic mass is 16.5. The Hall–Kier alpha value is -1.22. The van der Waals surface area contributed by atoms with Crippen molar-refractivity contribution < 1.29 is 9.47 Å². The molecular weight excluding hydrogens is 226 g/mol. The molecule has 18 heavy (non-hydrogen) atoms. The number of hydrogen-bond donors (Lipinski definition) is 1. The monoisotopic (exact) mass is 251 g/mol. The van der Waals surface area contributed by atoms with Crippen molar-refractivity contribution >= 4 is 0 Å². The molecule has 0 aromatic heterocycles. The van der Waals surface area contributed by atoms with Crippen molar-refractivity contribution in [1.29, 1.82) is 0 Å². The van der Waals surface area contributed by atoms with E-state index in [2.05, 4.69) is 32.2 Å². The summed E-state index contributed by atoms with van der Waals surface area (Å²) in [5.41, 5.74) is 2.51. The maximum Gasteiger partial charge on any atom is 0.161 e. The normalized spacial score (nSPS) is 12.6. The molecule has 3 nitrogen and oxygen atoms in total. The smallest absolute Gasteiger partial charge is 0.161 e. The average molecular weight is 251 g/mol. The quantitative estimate of drug-likeness (QED) is 0.841. The second kappa shape index (κ2) is 6.64. The molecule has 0 aliphatic heterocycles. The Morgan fingerprint density at radius 3 is 2.11 bits per heavy atom. The summed E-state index contributed by atoms with van der Waals surface area (Å²) in [6.07, 6.45) is 1.10. The molecule has 1 atom stereocenters. The fourth-order valence-corrected chi connectivity index (χ4v) is 2.24. The third kappa shape index (κ3) is 3.39. The fraction of sp³-hybridized carbons (Fsp3) is 0.600. The van der Waals surface area contributed by atoms with Gasteiger partial charge >= 0.3 is 0 Å². The van der Waals surface area contributed by atoms with Crippen molar-refractivity contribution in [3.8, 4) is 11.5 Å². The Balaban J connectivity index is 3.14. The van der Waals surface area contributed by atoms with Gasteiger partial charge < -0.3 is 14.8 Å². The van der Waals surface area contributed by atoms with E-state index in [1.165, 1.54) is 11.1 Å². The van der Waals surface area contributed by atoms with E-state index in [0.717, 1.165) is 17.9 Å². The standard InChI is InChI=1S/C15H25NO2/c1-10(2)7-13(16-4)12-9-15(18-6)14(17-5)8-11(12)3/h8-10,13,16H,7H2,1-6H3. The van der Waals surface area contributed by atoms with Crippen LogP contribution in [0.2, 0.25) is 0 Å². The van der Waals surface area contributed by atoms with Crippen LogP contribution < -0.4 is 14.8 Å². The number of methoxy groups -OCH3 is 2. The van der Waals surface area contributed by atoms with E-state index >= 15 is 0 Å². The lowest BCUT2D eigenvalue weighted by Gasteiger charge is -2.22. The Morgan fingerprint density at radius 2 is 1.67 bits per heavy atom. The lowest BCUT2D eigenvalue weighted by Crippen LogP contribution is -2.19. The highest BCUT2D eigenvalue weighted by Gasteiger charge is 2.16. The van der Waals surface area contributed by atoms with Crippen LogP contribution in [-0.4, -0.2) is 21.3 Å². The lowest BCUT2D eigenvalue weighted by molar-refractivity contribution is 0.352. The summed E-state index contributed by atoms with van der Waals surface area (Å²) in [6, 6.07) is 4.47. The van der Waals surface area contributed by atoms with Crippen LogP contribution in [0, 0.1) is 12.8 Å². The second-order valence-electron chi connectivity index (χ2n) is 5.03. The van der Waals surface area contributed by atoms with E-state index in [0.29, 0.717) is 12.0 Å². The van der Waals surface area contributed by atoms with Crippen LogP contribution in [0.1, 0.15) is 37.4 Å². The first-order chi connectivity index (χ1) is 8.53. The largest absolute Gasteiger partial charge is 0.493 e. The summed E-state index contributed by atoms with van der Waals surface area (Å²) in [6.45, 7) is 6.59. The Bertz CT molecular complexity index is 388. The van der Waals surface area contributed by atoms with Gasteiger partial charge in [-0.25, -0.2) is 0 Å². The summed E-state index contributed by atoms with van der Waals surface area (Å²) < 4.78 is 10.7. The zero-order valence-corrected chi connectivity index (χ0v) is 12.3. The first-order valence-electron chi connectivity index (χ1n) is 6.43. The average Bonchev–Trinajstić information content (AvgIpc) is 2.35. The molecule has 0 saturated heterocycles. The van der Waals surface area contributed by atoms with Gasteiger partial charge in [0.05, 0.1) is 14.2 Å². The molecule has 0 aliphatic rings. The fourth-order valence-electron chi connectivity index (χ4n) is 2.24. The predicted molar refractivity (Wildman–Crippen MR) is 75.5 cm³/mol. The van der Waals surface area contributed by atoms with Gasteiger partial charge in [-0.2, -0.15) is 0 Å². The molecule has 0 radical (unpaired) electrons. The molecule has 1 N–H and O–H groups in total. The van der Waals surface area contributed by atoms with Gasteiger partial charge in [-0.1, -0.05) is 13.8 Å². The van der Waals surface area contributed by atoms with E-state index in [4.69, 9.17) is 9.47 Å². The molecule has 0 saturated carbocycles. The Kier molecular flexibility index (Phi) is 5.48. The minimum absolute atomic E-state index is 0.352. The van der Waals surface area contributed by atoms with Gasteiger partial charge in [-0.3, -0.25) is 0 Å². The van der Waals surface area contributed by atoms with Crippen LogP contribution in [0.5, 0.6) is 11.5 Å². The summed E-state index contributed by atoms with van der Waals surface area (Å²) in [5, 5.41) is 3.38. The van der Waals surface area contributed by atoms with Gasteiger partial charge in [-0.05, 0) is 49.6 Å². The van der Waals surface area contributed by atoms with Gasteiger partial charge in [0.15, 0.2) is 11.5 Å². The molecule has 0 amide bonds. The minimum Gasteiger partial charge on any atom is -0.493 e. The molecule has 1 aromatic rings. The minimum atomic E-state index is 0.352.